The van der Waals surface area contributed by atoms with Crippen LogP contribution in [0.4, 0.5) is 13.3 Å². The molecular formula is C4H7F3O3. The molecule has 10 heavy (non-hydrogen) atoms. The van der Waals surface area contributed by atoms with Crippen LogP contribution in [0.5, 0.6) is 0 Å². The number of alkyl halides is 2. The van der Waals surface area contributed by atoms with E-state index >= 15 is 0 Å². The Kier molecular flexibility index (Phi) is 9.82. The molecule has 0 aromatic heterocycles. The van der Waals surface area contributed by atoms with E-state index in [9.17, 15) is 18.1 Å². The monoisotopic (exact) mass is 160 g/mol. The van der Waals surface area contributed by atoms with Crippen LogP contribution in [0.1, 0.15) is 6.92 Å². The van der Waals surface area contributed by atoms with Gasteiger partial charge in [-0.15, -0.1) is 0 Å². The molecule has 0 amide bonds. The molecule has 6 heteroatoms. The molecule has 0 aliphatic rings. The molecule has 3 nitrogen and oxygen atoms in total. The smallest absolute Gasteiger partial charge is 0.345 e. The fourth-order valence-corrected chi connectivity index (χ4v) is 0. The van der Waals surface area contributed by atoms with Gasteiger partial charge in [0.15, 0.2) is 0 Å². The normalized spacial score (nSPS) is 10.9. The van der Waals surface area contributed by atoms with Gasteiger partial charge in [-0.3, -0.25) is 4.94 Å². The quantitative estimate of drug-likeness (QED) is 0.613. The SMILES string of the molecule is CC(=O)OF.OC(F)CF. The number of carbonyl (C=O) groups excluding carboxylic acids is 1. The Hall–Kier alpha value is -0.780. The lowest BCUT2D eigenvalue weighted by molar-refractivity contribution is -0.180. The molecule has 0 aromatic rings. The van der Waals surface area contributed by atoms with Crippen molar-refractivity contribution in [1.82, 2.24) is 0 Å². The van der Waals surface area contributed by atoms with E-state index in [4.69, 9.17) is 5.11 Å². The van der Waals surface area contributed by atoms with Crippen molar-refractivity contribution in [2.24, 2.45) is 0 Å². The second kappa shape index (κ2) is 8.22. The summed E-state index contributed by atoms with van der Waals surface area (Å²) in [7, 11) is 0. The Balaban J connectivity index is 0. The molecule has 0 fully saturated rings. The summed E-state index contributed by atoms with van der Waals surface area (Å²) in [6.45, 7) is -0.319. The Morgan fingerprint density at radius 3 is 2.00 bits per heavy atom. The first-order valence-corrected chi connectivity index (χ1v) is 2.21. The van der Waals surface area contributed by atoms with Crippen molar-refractivity contribution in [3.63, 3.8) is 0 Å². The highest BCUT2D eigenvalue weighted by Crippen LogP contribution is 1.79. The molecule has 0 aliphatic heterocycles. The van der Waals surface area contributed by atoms with Gasteiger partial charge in [0.1, 0.15) is 6.67 Å². The Morgan fingerprint density at radius 1 is 1.80 bits per heavy atom. The van der Waals surface area contributed by atoms with Gasteiger partial charge in [-0.25, -0.2) is 13.6 Å². The highest BCUT2D eigenvalue weighted by Gasteiger charge is 1.91. The summed E-state index contributed by atoms with van der Waals surface area (Å²) in [4.78, 5) is 11.8. The fourth-order valence-electron chi connectivity index (χ4n) is 0. The van der Waals surface area contributed by atoms with Crippen molar-refractivity contribution in [1.29, 1.82) is 0 Å². The number of halogens is 3. The lowest BCUT2D eigenvalue weighted by atomic mass is 10.8. The molecule has 0 radical (unpaired) electrons. The van der Waals surface area contributed by atoms with Gasteiger partial charge < -0.3 is 5.11 Å². The minimum Gasteiger partial charge on any atom is -0.362 e. The second-order valence-corrected chi connectivity index (χ2v) is 1.16. The number of rotatable bonds is 1. The Labute approximate surface area is 55.3 Å². The van der Waals surface area contributed by atoms with Gasteiger partial charge in [-0.2, -0.15) is 0 Å². The van der Waals surface area contributed by atoms with E-state index < -0.39 is 19.0 Å². The van der Waals surface area contributed by atoms with E-state index in [-0.39, 0.29) is 0 Å². The molecule has 1 atom stereocenters. The average molecular weight is 160 g/mol. The predicted molar refractivity (Wildman–Crippen MR) is 26.0 cm³/mol. The second-order valence-electron chi connectivity index (χ2n) is 1.16. The van der Waals surface area contributed by atoms with Gasteiger partial charge in [0, 0.05) is 11.4 Å². The van der Waals surface area contributed by atoms with E-state index in [0.29, 0.717) is 0 Å². The number of aliphatic hydroxyl groups is 1. The molecule has 0 rings (SSSR count). The minimum atomic E-state index is -2.28. The lowest BCUT2D eigenvalue weighted by Gasteiger charge is -1.82. The molecule has 0 aromatic carbocycles. The maximum Gasteiger partial charge on any atom is 0.345 e. The summed E-state index contributed by atoms with van der Waals surface area (Å²) in [6.07, 6.45) is -2.28. The van der Waals surface area contributed by atoms with Gasteiger partial charge in [0.2, 0.25) is 6.36 Å². The Bertz CT molecular complexity index is 85.8. The summed E-state index contributed by atoms with van der Waals surface area (Å²) in [5, 5.41) is 7.32. The first-order chi connectivity index (χ1) is 4.54. The van der Waals surface area contributed by atoms with Crippen LogP contribution in [0.25, 0.3) is 0 Å². The zero-order chi connectivity index (χ0) is 8.57. The summed E-state index contributed by atoms with van der Waals surface area (Å²) < 4.78 is 31.4. The van der Waals surface area contributed by atoms with Gasteiger partial charge in [0.25, 0.3) is 0 Å². The van der Waals surface area contributed by atoms with Gasteiger partial charge in [-0.05, 0) is 0 Å². The number of aliphatic hydroxyl groups excluding tert-OH is 1. The van der Waals surface area contributed by atoms with Crippen molar-refractivity contribution < 1.29 is 28.1 Å². The molecule has 0 spiro atoms. The van der Waals surface area contributed by atoms with Crippen LogP contribution in [0, 0.1) is 0 Å². The third-order valence-corrected chi connectivity index (χ3v) is 0.236. The third kappa shape index (κ3) is 26.9. The highest BCUT2D eigenvalue weighted by atomic mass is 19.3. The number of hydrogen-bond acceptors (Lipinski definition) is 3. The summed E-state index contributed by atoms with van der Waals surface area (Å²) in [6, 6.07) is 0. The molecule has 0 heterocycles. The molecule has 0 aliphatic carbocycles. The molecule has 0 bridgehead atoms. The Morgan fingerprint density at radius 2 is 2.00 bits per heavy atom. The van der Waals surface area contributed by atoms with Crippen molar-refractivity contribution in [3.8, 4) is 0 Å². The van der Waals surface area contributed by atoms with Crippen LogP contribution >= 0.6 is 0 Å². The average Bonchev–Trinajstić information content (AvgIpc) is 1.89. The largest absolute Gasteiger partial charge is 0.362 e. The summed E-state index contributed by atoms with van der Waals surface area (Å²) in [5.41, 5.74) is 0. The molecule has 1 unspecified atom stereocenters. The highest BCUT2D eigenvalue weighted by molar-refractivity contribution is 5.64. The molecule has 0 saturated heterocycles. The molecule has 62 valence electrons. The van der Waals surface area contributed by atoms with E-state index in [1.807, 2.05) is 0 Å². The van der Waals surface area contributed by atoms with Gasteiger partial charge >= 0.3 is 5.97 Å². The van der Waals surface area contributed by atoms with Crippen LogP contribution in [0.3, 0.4) is 0 Å². The standard InChI is InChI=1S/C2H4F2O.C2H3FO2/c3-1-2(4)5;1-2(4)5-3/h2,5H,1H2;1H3. The maximum atomic E-state index is 10.6. The van der Waals surface area contributed by atoms with Crippen molar-refractivity contribution in [2.45, 2.75) is 13.3 Å². The van der Waals surface area contributed by atoms with Gasteiger partial charge in [-0.1, -0.05) is 0 Å². The first-order valence-electron chi connectivity index (χ1n) is 2.21. The zero-order valence-corrected chi connectivity index (χ0v) is 5.18. The minimum absolute atomic E-state index is 0.912. The van der Waals surface area contributed by atoms with E-state index in [0.717, 1.165) is 6.92 Å². The molecular weight excluding hydrogens is 153 g/mol. The summed E-state index contributed by atoms with van der Waals surface area (Å²) >= 11 is 0. The van der Waals surface area contributed by atoms with E-state index in [2.05, 4.69) is 4.94 Å². The van der Waals surface area contributed by atoms with Crippen molar-refractivity contribution in [2.75, 3.05) is 6.67 Å². The van der Waals surface area contributed by atoms with Crippen LogP contribution in [0.2, 0.25) is 0 Å². The zero-order valence-electron chi connectivity index (χ0n) is 5.18. The third-order valence-electron chi connectivity index (χ3n) is 0.236. The fraction of sp³-hybridized carbons (Fsp3) is 0.750. The lowest BCUT2D eigenvalue weighted by Crippen LogP contribution is -1.96. The van der Waals surface area contributed by atoms with Crippen LogP contribution in [0.15, 0.2) is 0 Å². The topological polar surface area (TPSA) is 46.5 Å². The number of hydrogen-bond donors (Lipinski definition) is 1. The number of carbonyl (C=O) groups is 1. The summed E-state index contributed by atoms with van der Waals surface area (Å²) in [5.74, 6) is -0.912. The molecule has 1 N–H and O–H groups in total. The van der Waals surface area contributed by atoms with Crippen LogP contribution in [-0.4, -0.2) is 24.1 Å². The first kappa shape index (κ1) is 12.0. The van der Waals surface area contributed by atoms with E-state index in [1.165, 1.54) is 0 Å². The van der Waals surface area contributed by atoms with Gasteiger partial charge in [0.05, 0.1) is 0 Å². The van der Waals surface area contributed by atoms with Crippen LogP contribution in [-0.2, 0) is 9.74 Å². The maximum absolute atomic E-state index is 10.6. The van der Waals surface area contributed by atoms with Crippen LogP contribution < -0.4 is 0 Å². The van der Waals surface area contributed by atoms with E-state index in [1.54, 1.807) is 0 Å². The van der Waals surface area contributed by atoms with Crippen molar-refractivity contribution in [3.05, 3.63) is 0 Å². The van der Waals surface area contributed by atoms with Crippen molar-refractivity contribution >= 4 is 5.97 Å². The predicted octanol–water partition coefficient (Wildman–Crippen LogP) is 0.678. The molecule has 0 saturated carbocycles.